The highest BCUT2D eigenvalue weighted by atomic mass is 79.9. The first-order valence-electron chi connectivity index (χ1n) is 7.76. The Bertz CT molecular complexity index is 390. The Morgan fingerprint density at radius 1 is 1.20 bits per heavy atom. The summed E-state index contributed by atoms with van der Waals surface area (Å²) >= 11 is 3.44. The van der Waals surface area contributed by atoms with Crippen LogP contribution in [0.15, 0.2) is 28.7 Å². The van der Waals surface area contributed by atoms with Crippen LogP contribution >= 0.6 is 15.9 Å². The standard InChI is InChI=1S/C17H26BrNO/c1-14(2)15-4-3-10-19(11-9-15)12-13-20-17-7-5-16(18)6-8-17/h5-8,14-15H,3-4,9-13H2,1-2H3. The van der Waals surface area contributed by atoms with Crippen molar-refractivity contribution in [3.63, 3.8) is 0 Å². The predicted molar refractivity (Wildman–Crippen MR) is 88.3 cm³/mol. The lowest BCUT2D eigenvalue weighted by Gasteiger charge is -2.21. The Hall–Kier alpha value is -0.540. The quantitative estimate of drug-likeness (QED) is 0.778. The molecule has 1 atom stereocenters. The molecule has 3 heteroatoms. The first kappa shape index (κ1) is 15.8. The van der Waals surface area contributed by atoms with E-state index >= 15 is 0 Å². The number of nitrogens with zero attached hydrogens (tertiary/aromatic N) is 1. The molecule has 0 saturated carbocycles. The van der Waals surface area contributed by atoms with Crippen LogP contribution in [0, 0.1) is 11.8 Å². The van der Waals surface area contributed by atoms with E-state index < -0.39 is 0 Å². The second-order valence-corrected chi connectivity index (χ2v) is 6.99. The summed E-state index contributed by atoms with van der Waals surface area (Å²) in [5.74, 6) is 2.70. The molecule has 1 unspecified atom stereocenters. The molecule has 1 aromatic rings. The minimum atomic E-state index is 0.786. The third-order valence-corrected chi connectivity index (χ3v) is 4.83. The molecule has 0 amide bonds. The third kappa shape index (κ3) is 5.10. The van der Waals surface area contributed by atoms with Crippen LogP contribution in [-0.4, -0.2) is 31.1 Å². The summed E-state index contributed by atoms with van der Waals surface area (Å²) in [5, 5.41) is 0. The van der Waals surface area contributed by atoms with Gasteiger partial charge in [0.1, 0.15) is 12.4 Å². The van der Waals surface area contributed by atoms with E-state index in [0.717, 1.165) is 35.2 Å². The molecule has 20 heavy (non-hydrogen) atoms. The van der Waals surface area contributed by atoms with Gasteiger partial charge >= 0.3 is 0 Å². The molecule has 1 saturated heterocycles. The Morgan fingerprint density at radius 2 is 1.95 bits per heavy atom. The van der Waals surface area contributed by atoms with Crippen LogP contribution in [0.1, 0.15) is 33.1 Å². The van der Waals surface area contributed by atoms with Gasteiger partial charge in [-0.2, -0.15) is 0 Å². The zero-order chi connectivity index (χ0) is 14.4. The number of halogens is 1. The molecule has 0 bridgehead atoms. The van der Waals surface area contributed by atoms with Gasteiger partial charge in [0.25, 0.3) is 0 Å². The summed E-state index contributed by atoms with van der Waals surface area (Å²) in [6.07, 6.45) is 4.07. The number of benzene rings is 1. The van der Waals surface area contributed by atoms with Crippen LogP contribution in [0.25, 0.3) is 0 Å². The lowest BCUT2D eigenvalue weighted by molar-refractivity contribution is 0.210. The summed E-state index contributed by atoms with van der Waals surface area (Å²) in [4.78, 5) is 2.56. The molecular weight excluding hydrogens is 314 g/mol. The second kappa shape index (κ2) is 8.04. The molecule has 0 aliphatic carbocycles. The average Bonchev–Trinajstić information content (AvgIpc) is 2.67. The first-order valence-corrected chi connectivity index (χ1v) is 8.55. The zero-order valence-corrected chi connectivity index (χ0v) is 14.2. The Kier molecular flexibility index (Phi) is 6.37. The fourth-order valence-electron chi connectivity index (χ4n) is 2.90. The van der Waals surface area contributed by atoms with E-state index in [1.54, 1.807) is 0 Å². The lowest BCUT2D eigenvalue weighted by Crippen LogP contribution is -2.29. The smallest absolute Gasteiger partial charge is 0.119 e. The predicted octanol–water partition coefficient (Wildman–Crippen LogP) is 4.59. The number of likely N-dealkylation sites (tertiary alicyclic amines) is 1. The molecule has 0 radical (unpaired) electrons. The van der Waals surface area contributed by atoms with Crippen LogP contribution in [0.4, 0.5) is 0 Å². The minimum absolute atomic E-state index is 0.786. The number of ether oxygens (including phenoxy) is 1. The van der Waals surface area contributed by atoms with Crippen molar-refractivity contribution in [3.8, 4) is 5.75 Å². The van der Waals surface area contributed by atoms with E-state index in [4.69, 9.17) is 4.74 Å². The number of hydrogen-bond acceptors (Lipinski definition) is 2. The Labute approximate surface area is 131 Å². The average molecular weight is 340 g/mol. The fourth-order valence-corrected chi connectivity index (χ4v) is 3.16. The second-order valence-electron chi connectivity index (χ2n) is 6.08. The first-order chi connectivity index (χ1) is 9.65. The van der Waals surface area contributed by atoms with Crippen molar-refractivity contribution >= 4 is 15.9 Å². The molecule has 2 nitrogen and oxygen atoms in total. The summed E-state index contributed by atoms with van der Waals surface area (Å²) in [5.41, 5.74) is 0. The van der Waals surface area contributed by atoms with Gasteiger partial charge in [-0.1, -0.05) is 29.8 Å². The van der Waals surface area contributed by atoms with E-state index in [9.17, 15) is 0 Å². The van der Waals surface area contributed by atoms with Gasteiger partial charge in [0.05, 0.1) is 0 Å². The highest BCUT2D eigenvalue weighted by Gasteiger charge is 2.19. The minimum Gasteiger partial charge on any atom is -0.492 e. The van der Waals surface area contributed by atoms with Crippen LogP contribution in [0.3, 0.4) is 0 Å². The van der Waals surface area contributed by atoms with Crippen LogP contribution in [-0.2, 0) is 0 Å². The third-order valence-electron chi connectivity index (χ3n) is 4.30. The van der Waals surface area contributed by atoms with Crippen molar-refractivity contribution in [2.45, 2.75) is 33.1 Å². The van der Waals surface area contributed by atoms with Crippen molar-refractivity contribution in [3.05, 3.63) is 28.7 Å². The molecule has 1 heterocycles. The molecular formula is C17H26BrNO. The monoisotopic (exact) mass is 339 g/mol. The van der Waals surface area contributed by atoms with Crippen LogP contribution in [0.5, 0.6) is 5.75 Å². The molecule has 0 spiro atoms. The maximum Gasteiger partial charge on any atom is 0.119 e. The summed E-state index contributed by atoms with van der Waals surface area (Å²) < 4.78 is 6.91. The van der Waals surface area contributed by atoms with E-state index in [1.165, 1.54) is 32.4 Å². The fraction of sp³-hybridized carbons (Fsp3) is 0.647. The van der Waals surface area contributed by atoms with E-state index in [2.05, 4.69) is 34.7 Å². The molecule has 1 aliphatic heterocycles. The van der Waals surface area contributed by atoms with Crippen LogP contribution < -0.4 is 4.74 Å². The molecule has 112 valence electrons. The summed E-state index contributed by atoms with van der Waals surface area (Å²) in [6, 6.07) is 8.08. The van der Waals surface area contributed by atoms with Crippen LogP contribution in [0.2, 0.25) is 0 Å². The molecule has 0 aromatic heterocycles. The highest BCUT2D eigenvalue weighted by Crippen LogP contribution is 2.24. The topological polar surface area (TPSA) is 12.5 Å². The van der Waals surface area contributed by atoms with Gasteiger partial charge < -0.3 is 4.74 Å². The van der Waals surface area contributed by atoms with E-state index in [-0.39, 0.29) is 0 Å². The number of hydrogen-bond donors (Lipinski definition) is 0. The summed E-state index contributed by atoms with van der Waals surface area (Å²) in [6.45, 7) is 9.00. The molecule has 1 aromatic carbocycles. The maximum atomic E-state index is 5.82. The van der Waals surface area contributed by atoms with Crippen molar-refractivity contribution in [2.24, 2.45) is 11.8 Å². The molecule has 2 rings (SSSR count). The van der Waals surface area contributed by atoms with Gasteiger partial charge in [-0.25, -0.2) is 0 Å². The van der Waals surface area contributed by atoms with Gasteiger partial charge in [0.15, 0.2) is 0 Å². The van der Waals surface area contributed by atoms with Gasteiger partial charge in [0, 0.05) is 11.0 Å². The van der Waals surface area contributed by atoms with Crippen molar-refractivity contribution in [2.75, 3.05) is 26.2 Å². The van der Waals surface area contributed by atoms with Gasteiger partial charge in [-0.15, -0.1) is 0 Å². The zero-order valence-electron chi connectivity index (χ0n) is 12.6. The van der Waals surface area contributed by atoms with Crippen molar-refractivity contribution < 1.29 is 4.74 Å². The molecule has 1 fully saturated rings. The molecule has 0 N–H and O–H groups in total. The van der Waals surface area contributed by atoms with Gasteiger partial charge in [-0.05, 0) is 68.5 Å². The van der Waals surface area contributed by atoms with Crippen molar-refractivity contribution in [1.82, 2.24) is 4.90 Å². The highest BCUT2D eigenvalue weighted by molar-refractivity contribution is 9.10. The van der Waals surface area contributed by atoms with Gasteiger partial charge in [0.2, 0.25) is 0 Å². The van der Waals surface area contributed by atoms with Gasteiger partial charge in [-0.3, -0.25) is 4.90 Å². The number of rotatable bonds is 5. The normalized spacial score (nSPS) is 20.9. The SMILES string of the molecule is CC(C)C1CCCN(CCOc2ccc(Br)cc2)CC1. The lowest BCUT2D eigenvalue weighted by atomic mass is 9.89. The van der Waals surface area contributed by atoms with Crippen molar-refractivity contribution in [1.29, 1.82) is 0 Å². The largest absolute Gasteiger partial charge is 0.492 e. The molecule has 1 aliphatic rings. The van der Waals surface area contributed by atoms with E-state index in [1.807, 2.05) is 24.3 Å². The van der Waals surface area contributed by atoms with E-state index in [0.29, 0.717) is 0 Å². The Balaban J connectivity index is 1.70. The Morgan fingerprint density at radius 3 is 2.65 bits per heavy atom. The maximum absolute atomic E-state index is 5.82. The summed E-state index contributed by atoms with van der Waals surface area (Å²) in [7, 11) is 0.